The van der Waals surface area contributed by atoms with Crippen LogP contribution in [-0.4, -0.2) is 171 Å². The third-order valence-electron chi connectivity index (χ3n) is 9.10. The van der Waals surface area contributed by atoms with Gasteiger partial charge in [0, 0.05) is 69.2 Å². The van der Waals surface area contributed by atoms with Gasteiger partial charge in [0.1, 0.15) is 50.3 Å². The Hall–Kier alpha value is -5.50. The molecule has 3 aliphatic heterocycles. The summed E-state index contributed by atoms with van der Waals surface area (Å²) in [4.78, 5) is 124. The van der Waals surface area contributed by atoms with Crippen molar-refractivity contribution in [2.45, 2.75) is 168 Å². The monoisotopic (exact) mass is 922 g/mol. The van der Waals surface area contributed by atoms with Gasteiger partial charge in [-0.1, -0.05) is 0 Å². The van der Waals surface area contributed by atoms with Crippen LogP contribution >= 0.6 is 0 Å². The first kappa shape index (κ1) is 52.8. The molecule has 3 saturated heterocycles. The van der Waals surface area contributed by atoms with E-state index < -0.39 is 171 Å². The van der Waals surface area contributed by atoms with Crippen molar-refractivity contribution < 1.29 is 119 Å². The molecule has 3 heterocycles. The molecule has 6 unspecified atom stereocenters. The number of carbonyl (C=O) groups excluding carboxylic acids is 10. The average molecular weight is 923 g/mol. The summed E-state index contributed by atoms with van der Waals surface area (Å²) in [5, 5.41) is 0. The molecule has 0 aromatic carbocycles. The van der Waals surface area contributed by atoms with Crippen molar-refractivity contribution >= 4 is 59.7 Å². The SMILES string of the molecule is CC(=O)OCC1O[C@@H](O[C@H]2C(COC(C)=O)O[C@@H](O[C@H]3C(COC(C)=O)O[C@@H](C)C(OC(C)=O)[C@H]3OC(C)=O)C(OC(C)=O)[C@H]2OC(C)=O)C(OC(C)=O)[C@@H](OC(C)=O)[C@H]1OC(C)=O. The second-order valence-corrected chi connectivity index (χ2v) is 14.6. The number of rotatable bonds is 17. The highest BCUT2D eigenvalue weighted by molar-refractivity contribution is 5.70. The highest BCUT2D eigenvalue weighted by atomic mass is 16.8. The first-order valence-electron chi connectivity index (χ1n) is 19.8. The van der Waals surface area contributed by atoms with Crippen molar-refractivity contribution in [1.82, 2.24) is 0 Å². The molecule has 0 aliphatic carbocycles. The highest BCUT2D eigenvalue weighted by Crippen LogP contribution is 2.38. The number of hydrogen-bond acceptors (Lipinski definition) is 25. The molecule has 0 amide bonds. The molecule has 360 valence electrons. The summed E-state index contributed by atoms with van der Waals surface area (Å²) >= 11 is 0. The summed E-state index contributed by atoms with van der Waals surface area (Å²) in [5.41, 5.74) is 0. The third-order valence-corrected chi connectivity index (χ3v) is 9.10. The second-order valence-electron chi connectivity index (χ2n) is 14.6. The second kappa shape index (κ2) is 24.0. The van der Waals surface area contributed by atoms with Crippen LogP contribution in [0.3, 0.4) is 0 Å². The number of ether oxygens (including phenoxy) is 15. The maximum atomic E-state index is 12.9. The van der Waals surface area contributed by atoms with E-state index in [-0.39, 0.29) is 0 Å². The van der Waals surface area contributed by atoms with Crippen LogP contribution in [0, 0.1) is 0 Å². The van der Waals surface area contributed by atoms with Gasteiger partial charge < -0.3 is 71.1 Å². The molecule has 25 heteroatoms. The first-order chi connectivity index (χ1) is 29.9. The van der Waals surface area contributed by atoms with E-state index in [1.165, 1.54) is 6.92 Å². The van der Waals surface area contributed by atoms with E-state index in [2.05, 4.69) is 0 Å². The van der Waals surface area contributed by atoms with Crippen molar-refractivity contribution in [3.05, 3.63) is 0 Å². The Morgan fingerprint density at radius 2 is 0.562 bits per heavy atom. The van der Waals surface area contributed by atoms with Crippen LogP contribution in [0.5, 0.6) is 0 Å². The first-order valence-corrected chi connectivity index (χ1v) is 19.8. The minimum Gasteiger partial charge on any atom is -0.463 e. The lowest BCUT2D eigenvalue weighted by atomic mass is 9.93. The fourth-order valence-corrected chi connectivity index (χ4v) is 7.01. The van der Waals surface area contributed by atoms with Gasteiger partial charge in [-0.05, 0) is 6.92 Å². The van der Waals surface area contributed by atoms with Gasteiger partial charge in [-0.3, -0.25) is 47.9 Å². The van der Waals surface area contributed by atoms with Gasteiger partial charge in [0.2, 0.25) is 0 Å². The Kier molecular flexibility index (Phi) is 19.8. The minimum atomic E-state index is -1.96. The standard InChI is InChI=1S/C39H54O25/c1-15-29(54-19(5)43)33(56-21(7)45)31(26(53-15)12-50-16(2)40)63-39-37(60-25(11)49)35(58-23(9)47)32(28(62-39)14-52-18(4)42)64-38-36(59-24(10)48)34(57-22(8)46)30(55-20(6)44)27(61-38)13-51-17(3)41/h15,26-39H,12-14H2,1-11H3/t15-,26?,27?,28?,29?,30-,31-,32-,33+,34-,35-,36?,37?,38-,39-/m0/s1. The molecule has 0 spiro atoms. The summed E-state index contributed by atoms with van der Waals surface area (Å²) in [6, 6.07) is 0. The summed E-state index contributed by atoms with van der Waals surface area (Å²) in [6.45, 7) is 9.74. The van der Waals surface area contributed by atoms with Crippen molar-refractivity contribution in [1.29, 1.82) is 0 Å². The van der Waals surface area contributed by atoms with E-state index in [1.54, 1.807) is 0 Å². The molecule has 3 rings (SSSR count). The largest absolute Gasteiger partial charge is 0.463 e. The van der Waals surface area contributed by atoms with Crippen molar-refractivity contribution in [3.8, 4) is 0 Å². The zero-order valence-corrected chi connectivity index (χ0v) is 37.0. The van der Waals surface area contributed by atoms with Crippen LogP contribution in [0.2, 0.25) is 0 Å². The fraction of sp³-hybridized carbons (Fsp3) is 0.744. The van der Waals surface area contributed by atoms with Crippen molar-refractivity contribution in [2.75, 3.05) is 19.8 Å². The van der Waals surface area contributed by atoms with Gasteiger partial charge >= 0.3 is 59.7 Å². The van der Waals surface area contributed by atoms with Gasteiger partial charge in [0.25, 0.3) is 0 Å². The lowest BCUT2D eigenvalue weighted by molar-refractivity contribution is -0.373. The maximum absolute atomic E-state index is 12.9. The summed E-state index contributed by atoms with van der Waals surface area (Å²) in [5.74, 6) is -9.09. The van der Waals surface area contributed by atoms with Crippen LogP contribution in [0.15, 0.2) is 0 Å². The molecule has 0 aromatic rings. The zero-order chi connectivity index (χ0) is 48.2. The Bertz CT molecular complexity index is 1730. The van der Waals surface area contributed by atoms with Crippen molar-refractivity contribution in [3.63, 3.8) is 0 Å². The van der Waals surface area contributed by atoms with E-state index in [4.69, 9.17) is 71.1 Å². The normalized spacial score (nSPS) is 32.3. The smallest absolute Gasteiger partial charge is 0.303 e. The molecule has 0 saturated carbocycles. The van der Waals surface area contributed by atoms with Gasteiger partial charge in [-0.15, -0.1) is 0 Å². The van der Waals surface area contributed by atoms with Gasteiger partial charge in [-0.25, -0.2) is 0 Å². The summed E-state index contributed by atoms with van der Waals surface area (Å²) in [6.07, 6.45) is -24.7. The number of esters is 10. The van der Waals surface area contributed by atoms with Crippen LogP contribution < -0.4 is 0 Å². The lowest BCUT2D eigenvalue weighted by Gasteiger charge is -2.50. The molecule has 15 atom stereocenters. The predicted molar refractivity (Wildman–Crippen MR) is 200 cm³/mol. The molecule has 0 radical (unpaired) electrons. The van der Waals surface area contributed by atoms with E-state index in [1.807, 2.05) is 0 Å². The summed E-state index contributed by atoms with van der Waals surface area (Å²) in [7, 11) is 0. The fourth-order valence-electron chi connectivity index (χ4n) is 7.01. The third kappa shape index (κ3) is 15.6. The maximum Gasteiger partial charge on any atom is 0.303 e. The topological polar surface area (TPSA) is 309 Å². The van der Waals surface area contributed by atoms with E-state index in [9.17, 15) is 47.9 Å². The van der Waals surface area contributed by atoms with Crippen LogP contribution in [0.4, 0.5) is 0 Å². The lowest BCUT2D eigenvalue weighted by Crippen LogP contribution is -2.68. The molecular weight excluding hydrogens is 868 g/mol. The molecule has 0 bridgehead atoms. The number of hydrogen-bond donors (Lipinski definition) is 0. The molecule has 0 N–H and O–H groups in total. The molecule has 3 aliphatic rings. The molecule has 0 aromatic heterocycles. The van der Waals surface area contributed by atoms with E-state index >= 15 is 0 Å². The summed E-state index contributed by atoms with van der Waals surface area (Å²) < 4.78 is 85.6. The predicted octanol–water partition coefficient (Wildman–Crippen LogP) is -0.795. The van der Waals surface area contributed by atoms with Crippen LogP contribution in [0.25, 0.3) is 0 Å². The average Bonchev–Trinajstić information content (AvgIpc) is 3.15. The highest BCUT2D eigenvalue weighted by Gasteiger charge is 2.59. The van der Waals surface area contributed by atoms with Gasteiger partial charge in [0.05, 0.1) is 6.10 Å². The van der Waals surface area contributed by atoms with Crippen molar-refractivity contribution in [2.24, 2.45) is 0 Å². The Balaban J connectivity index is 2.28. The van der Waals surface area contributed by atoms with E-state index in [0.717, 1.165) is 69.2 Å². The molecule has 64 heavy (non-hydrogen) atoms. The Morgan fingerprint density at radius 1 is 0.312 bits per heavy atom. The Morgan fingerprint density at radius 3 is 0.891 bits per heavy atom. The molecule has 25 nitrogen and oxygen atoms in total. The Labute approximate surface area is 366 Å². The zero-order valence-electron chi connectivity index (χ0n) is 37.0. The molecule has 3 fully saturated rings. The minimum absolute atomic E-state index is 0.543. The van der Waals surface area contributed by atoms with Gasteiger partial charge in [-0.2, -0.15) is 0 Å². The number of carbonyl (C=O) groups is 10. The van der Waals surface area contributed by atoms with Crippen LogP contribution in [0.1, 0.15) is 76.2 Å². The van der Waals surface area contributed by atoms with E-state index in [0.29, 0.717) is 0 Å². The van der Waals surface area contributed by atoms with Crippen LogP contribution in [-0.2, 0) is 119 Å². The molecular formula is C39H54O25. The quantitative estimate of drug-likeness (QED) is 0.127. The van der Waals surface area contributed by atoms with Gasteiger partial charge in [0.15, 0.2) is 55.3 Å².